The first kappa shape index (κ1) is 9.31. The van der Waals surface area contributed by atoms with Crippen LogP contribution in [-0.4, -0.2) is 24.5 Å². The van der Waals surface area contributed by atoms with Crippen molar-refractivity contribution in [1.82, 2.24) is 4.90 Å². The van der Waals surface area contributed by atoms with Crippen LogP contribution in [0.1, 0.15) is 25.7 Å². The van der Waals surface area contributed by atoms with Gasteiger partial charge < -0.3 is 9.64 Å². The lowest BCUT2D eigenvalue weighted by Crippen LogP contribution is -2.19. The summed E-state index contributed by atoms with van der Waals surface area (Å²) in [5, 5.41) is 0. The van der Waals surface area contributed by atoms with Gasteiger partial charge in [0.1, 0.15) is 5.76 Å². The second kappa shape index (κ2) is 3.86. The van der Waals surface area contributed by atoms with Crippen LogP contribution in [0.5, 0.6) is 0 Å². The minimum absolute atomic E-state index is 0.0420. The lowest BCUT2D eigenvalue weighted by Gasteiger charge is -2.15. The first-order valence-electron chi connectivity index (χ1n) is 5.11. The molecule has 1 saturated heterocycles. The van der Waals surface area contributed by atoms with Gasteiger partial charge in [-0.15, -0.1) is 0 Å². The maximum Gasteiger partial charge on any atom is 0.250 e. The summed E-state index contributed by atoms with van der Waals surface area (Å²) in [7, 11) is 1.79. The Morgan fingerprint density at radius 2 is 2.14 bits per heavy atom. The van der Waals surface area contributed by atoms with Crippen molar-refractivity contribution in [3.05, 3.63) is 23.6 Å². The third kappa shape index (κ3) is 1.67. The molecule has 1 amide bonds. The Morgan fingerprint density at radius 1 is 1.29 bits per heavy atom. The average Bonchev–Trinajstić information content (AvgIpc) is 2.47. The minimum Gasteiger partial charge on any atom is -0.496 e. The number of likely N-dealkylation sites (N-methyl/N-ethyl adjacent to an activating group) is 1. The molecule has 0 spiro atoms. The molecule has 1 fully saturated rings. The van der Waals surface area contributed by atoms with Crippen molar-refractivity contribution < 1.29 is 9.53 Å². The van der Waals surface area contributed by atoms with Gasteiger partial charge in [-0.3, -0.25) is 4.79 Å². The minimum atomic E-state index is 0.0420. The summed E-state index contributed by atoms with van der Waals surface area (Å²) in [6.45, 7) is 0.786. The molecule has 0 aliphatic carbocycles. The molecule has 0 unspecified atom stereocenters. The van der Waals surface area contributed by atoms with Crippen LogP contribution in [0.3, 0.4) is 0 Å². The van der Waals surface area contributed by atoms with E-state index >= 15 is 0 Å². The summed E-state index contributed by atoms with van der Waals surface area (Å²) in [5.74, 6) is 1.02. The number of carbonyl (C=O) groups excluding carboxylic acids is 1. The Morgan fingerprint density at radius 3 is 2.86 bits per heavy atom. The summed E-state index contributed by atoms with van der Waals surface area (Å²) < 4.78 is 5.64. The number of hydrogen-bond acceptors (Lipinski definition) is 2. The molecule has 3 heteroatoms. The summed E-state index contributed by atoms with van der Waals surface area (Å²) in [6, 6.07) is 0. The number of carbonyl (C=O) groups is 1. The second-order valence-corrected chi connectivity index (χ2v) is 3.70. The highest BCUT2D eigenvalue weighted by Gasteiger charge is 2.21. The molecule has 0 aromatic carbocycles. The van der Waals surface area contributed by atoms with E-state index in [1.165, 1.54) is 6.42 Å². The topological polar surface area (TPSA) is 29.5 Å². The van der Waals surface area contributed by atoms with E-state index in [9.17, 15) is 4.79 Å². The Bertz CT molecular complexity index is 294. The highest BCUT2D eigenvalue weighted by Crippen LogP contribution is 2.24. The molecule has 0 saturated carbocycles. The molecular weight excluding hydrogens is 178 g/mol. The van der Waals surface area contributed by atoms with Gasteiger partial charge in [-0.1, -0.05) is 0 Å². The third-order valence-electron chi connectivity index (χ3n) is 2.69. The largest absolute Gasteiger partial charge is 0.496 e. The van der Waals surface area contributed by atoms with Crippen molar-refractivity contribution in [2.24, 2.45) is 0 Å². The lowest BCUT2D eigenvalue weighted by atomic mass is 10.2. The Hall–Kier alpha value is -1.25. The van der Waals surface area contributed by atoms with E-state index in [2.05, 4.69) is 0 Å². The SMILES string of the molecule is CN1C(=O)C=C/C1=C1/CCCCCO1. The van der Waals surface area contributed by atoms with E-state index in [1.807, 2.05) is 6.08 Å². The zero-order chi connectivity index (χ0) is 9.97. The standard InChI is InChI=1S/C11H15NO2/c1-12-9(6-7-11(12)13)10-5-3-2-4-8-14-10/h6-7H,2-5,8H2,1H3/b10-9+. The summed E-state index contributed by atoms with van der Waals surface area (Å²) in [4.78, 5) is 12.9. The Kier molecular flexibility index (Phi) is 2.57. The summed E-state index contributed by atoms with van der Waals surface area (Å²) in [6.07, 6.45) is 7.90. The molecule has 0 bridgehead atoms. The van der Waals surface area contributed by atoms with Crippen LogP contribution in [0.2, 0.25) is 0 Å². The summed E-state index contributed by atoms with van der Waals surface area (Å²) >= 11 is 0. The van der Waals surface area contributed by atoms with E-state index in [0.717, 1.165) is 37.3 Å². The predicted molar refractivity (Wildman–Crippen MR) is 53.4 cm³/mol. The van der Waals surface area contributed by atoms with Crippen molar-refractivity contribution in [2.75, 3.05) is 13.7 Å². The van der Waals surface area contributed by atoms with Gasteiger partial charge in [0.25, 0.3) is 5.91 Å². The fourth-order valence-corrected chi connectivity index (χ4v) is 1.81. The van der Waals surface area contributed by atoms with E-state index < -0.39 is 0 Å². The van der Waals surface area contributed by atoms with Crippen molar-refractivity contribution in [3.8, 4) is 0 Å². The van der Waals surface area contributed by atoms with E-state index in [1.54, 1.807) is 18.0 Å². The number of amides is 1. The fourth-order valence-electron chi connectivity index (χ4n) is 1.81. The number of hydrogen-bond donors (Lipinski definition) is 0. The zero-order valence-electron chi connectivity index (χ0n) is 8.45. The molecule has 0 aromatic heterocycles. The van der Waals surface area contributed by atoms with Crippen LogP contribution >= 0.6 is 0 Å². The number of nitrogens with zero attached hydrogens (tertiary/aromatic N) is 1. The summed E-state index contributed by atoms with van der Waals surface area (Å²) in [5.41, 5.74) is 0.942. The Labute approximate surface area is 84.0 Å². The van der Waals surface area contributed by atoms with E-state index in [4.69, 9.17) is 4.74 Å². The van der Waals surface area contributed by atoms with Crippen molar-refractivity contribution in [2.45, 2.75) is 25.7 Å². The fraction of sp³-hybridized carbons (Fsp3) is 0.545. The van der Waals surface area contributed by atoms with E-state index in [0.29, 0.717) is 0 Å². The lowest BCUT2D eigenvalue weighted by molar-refractivity contribution is -0.122. The molecule has 0 atom stereocenters. The molecule has 0 N–H and O–H groups in total. The predicted octanol–water partition coefficient (Wildman–Crippen LogP) is 1.82. The third-order valence-corrected chi connectivity index (χ3v) is 2.69. The zero-order valence-corrected chi connectivity index (χ0v) is 8.45. The van der Waals surface area contributed by atoms with Crippen molar-refractivity contribution in [3.63, 3.8) is 0 Å². The van der Waals surface area contributed by atoms with Crippen LogP contribution in [0.15, 0.2) is 23.6 Å². The smallest absolute Gasteiger partial charge is 0.250 e. The van der Waals surface area contributed by atoms with Gasteiger partial charge in [0, 0.05) is 19.5 Å². The molecular formula is C11H15NO2. The van der Waals surface area contributed by atoms with Gasteiger partial charge in [0.2, 0.25) is 0 Å². The van der Waals surface area contributed by atoms with Crippen molar-refractivity contribution >= 4 is 5.91 Å². The molecule has 3 nitrogen and oxygen atoms in total. The molecule has 2 heterocycles. The highest BCUT2D eigenvalue weighted by molar-refractivity contribution is 5.93. The van der Waals surface area contributed by atoms with Gasteiger partial charge in [0.15, 0.2) is 0 Å². The molecule has 76 valence electrons. The second-order valence-electron chi connectivity index (χ2n) is 3.70. The maximum atomic E-state index is 11.3. The van der Waals surface area contributed by atoms with Crippen LogP contribution in [-0.2, 0) is 9.53 Å². The normalized spacial score (nSPS) is 27.8. The van der Waals surface area contributed by atoms with Crippen molar-refractivity contribution in [1.29, 1.82) is 0 Å². The van der Waals surface area contributed by atoms with Gasteiger partial charge >= 0.3 is 0 Å². The Balaban J connectivity index is 2.21. The van der Waals surface area contributed by atoms with Crippen LogP contribution in [0.25, 0.3) is 0 Å². The van der Waals surface area contributed by atoms with Crippen LogP contribution in [0.4, 0.5) is 0 Å². The van der Waals surface area contributed by atoms with Gasteiger partial charge in [-0.05, 0) is 25.3 Å². The van der Waals surface area contributed by atoms with Crippen LogP contribution < -0.4 is 0 Å². The molecule has 0 radical (unpaired) electrons. The van der Waals surface area contributed by atoms with Gasteiger partial charge in [-0.2, -0.15) is 0 Å². The van der Waals surface area contributed by atoms with Gasteiger partial charge in [0.05, 0.1) is 12.3 Å². The molecule has 0 aromatic rings. The van der Waals surface area contributed by atoms with Crippen LogP contribution in [0, 0.1) is 0 Å². The quantitative estimate of drug-likeness (QED) is 0.587. The van der Waals surface area contributed by atoms with E-state index in [-0.39, 0.29) is 5.91 Å². The highest BCUT2D eigenvalue weighted by atomic mass is 16.5. The molecule has 2 aliphatic rings. The number of allylic oxidation sites excluding steroid dienone is 2. The monoisotopic (exact) mass is 193 g/mol. The molecule has 14 heavy (non-hydrogen) atoms. The van der Waals surface area contributed by atoms with Gasteiger partial charge in [-0.25, -0.2) is 0 Å². The first-order chi connectivity index (χ1) is 6.79. The number of rotatable bonds is 0. The molecule has 2 rings (SSSR count). The number of ether oxygens (including phenoxy) is 1. The first-order valence-corrected chi connectivity index (χ1v) is 5.11. The molecule has 2 aliphatic heterocycles. The average molecular weight is 193 g/mol. The maximum absolute atomic E-state index is 11.3.